The number of rotatable bonds is 3. The van der Waals surface area contributed by atoms with E-state index in [-0.39, 0.29) is 5.82 Å². The molecule has 1 aromatic carbocycles. The van der Waals surface area contributed by atoms with Crippen LogP contribution in [0.5, 0.6) is 0 Å². The third kappa shape index (κ3) is 3.00. The Balaban J connectivity index is 1.95. The van der Waals surface area contributed by atoms with Crippen LogP contribution in [0, 0.1) is 5.82 Å². The molecule has 110 valence electrons. The van der Waals surface area contributed by atoms with Gasteiger partial charge in [-0.1, -0.05) is 17.7 Å². The second-order valence-electron chi connectivity index (χ2n) is 5.28. The lowest BCUT2D eigenvalue weighted by molar-refractivity contribution is 0.627. The minimum Gasteiger partial charge on any atom is -0.373 e. The average Bonchev–Trinajstić information content (AvgIpc) is 2.49. The molecule has 2 aromatic rings. The summed E-state index contributed by atoms with van der Waals surface area (Å²) in [6, 6.07) is 4.44. The van der Waals surface area contributed by atoms with Crippen LogP contribution in [0.3, 0.4) is 0 Å². The van der Waals surface area contributed by atoms with Gasteiger partial charge in [-0.3, -0.25) is 0 Å². The van der Waals surface area contributed by atoms with Crippen molar-refractivity contribution in [1.29, 1.82) is 0 Å². The largest absolute Gasteiger partial charge is 0.373 e. The molecule has 0 saturated carbocycles. The van der Waals surface area contributed by atoms with E-state index < -0.39 is 0 Å². The van der Waals surface area contributed by atoms with Crippen LogP contribution >= 0.6 is 11.6 Å². The maximum absolute atomic E-state index is 13.1. The Hall–Kier alpha value is -1.68. The fourth-order valence-electron chi connectivity index (χ4n) is 2.77. The van der Waals surface area contributed by atoms with Crippen molar-refractivity contribution in [3.8, 4) is 0 Å². The minimum absolute atomic E-state index is 0.328. The first-order valence-corrected chi connectivity index (χ1v) is 7.55. The predicted molar refractivity (Wildman–Crippen MR) is 82.4 cm³/mol. The van der Waals surface area contributed by atoms with Crippen molar-refractivity contribution < 1.29 is 4.39 Å². The topological polar surface area (TPSA) is 37.8 Å². The average molecular weight is 306 g/mol. The van der Waals surface area contributed by atoms with Gasteiger partial charge in [-0.25, -0.2) is 14.4 Å². The third-order valence-corrected chi connectivity index (χ3v) is 4.18. The summed E-state index contributed by atoms with van der Waals surface area (Å²) in [4.78, 5) is 9.27. The number of hydrogen-bond donors (Lipinski definition) is 1. The Bertz CT molecular complexity index is 656. The molecule has 3 rings (SSSR count). The van der Waals surface area contributed by atoms with Gasteiger partial charge in [0.1, 0.15) is 17.5 Å². The van der Waals surface area contributed by atoms with E-state index in [1.54, 1.807) is 6.07 Å². The molecule has 1 aliphatic carbocycles. The minimum atomic E-state index is -0.328. The molecule has 1 aromatic heterocycles. The highest BCUT2D eigenvalue weighted by atomic mass is 35.5. The lowest BCUT2D eigenvalue weighted by Gasteiger charge is -2.19. The Morgan fingerprint density at radius 3 is 2.81 bits per heavy atom. The van der Waals surface area contributed by atoms with Gasteiger partial charge in [0.25, 0.3) is 0 Å². The van der Waals surface area contributed by atoms with E-state index in [1.807, 2.05) is 7.05 Å². The standard InChI is InChI=1S/C16H17ClFN3/c1-19-16-12-4-2-3-5-14(12)20-15(21-16)8-10-6-7-11(18)9-13(10)17/h6-7,9H,2-5,8H2,1H3,(H,19,20,21). The van der Waals surface area contributed by atoms with Crippen LogP contribution in [0.4, 0.5) is 10.2 Å². The first-order valence-electron chi connectivity index (χ1n) is 7.17. The van der Waals surface area contributed by atoms with Crippen LogP contribution in [-0.4, -0.2) is 17.0 Å². The van der Waals surface area contributed by atoms with E-state index in [9.17, 15) is 4.39 Å². The number of aromatic nitrogens is 2. The van der Waals surface area contributed by atoms with Crippen LogP contribution in [0.25, 0.3) is 0 Å². The molecule has 0 atom stereocenters. The smallest absolute Gasteiger partial charge is 0.135 e. The number of anilines is 1. The van der Waals surface area contributed by atoms with Crippen molar-refractivity contribution in [2.45, 2.75) is 32.1 Å². The molecule has 0 unspecified atom stereocenters. The highest BCUT2D eigenvalue weighted by molar-refractivity contribution is 6.31. The van der Waals surface area contributed by atoms with Gasteiger partial charge in [-0.05, 0) is 43.4 Å². The van der Waals surface area contributed by atoms with Crippen molar-refractivity contribution in [1.82, 2.24) is 9.97 Å². The molecule has 5 heteroatoms. The molecule has 0 amide bonds. The van der Waals surface area contributed by atoms with Crippen molar-refractivity contribution in [2.24, 2.45) is 0 Å². The monoisotopic (exact) mass is 305 g/mol. The van der Waals surface area contributed by atoms with Gasteiger partial charge in [-0.15, -0.1) is 0 Å². The number of halogens is 2. The summed E-state index contributed by atoms with van der Waals surface area (Å²) in [6.07, 6.45) is 4.90. The van der Waals surface area contributed by atoms with Crippen molar-refractivity contribution in [2.75, 3.05) is 12.4 Å². The summed E-state index contributed by atoms with van der Waals surface area (Å²) in [6.45, 7) is 0. The first kappa shape index (κ1) is 14.3. The lowest BCUT2D eigenvalue weighted by Crippen LogP contribution is -2.13. The molecule has 0 spiro atoms. The van der Waals surface area contributed by atoms with Crippen molar-refractivity contribution in [3.05, 3.63) is 51.7 Å². The second kappa shape index (κ2) is 5.98. The molecule has 0 aliphatic heterocycles. The summed E-state index contributed by atoms with van der Waals surface area (Å²) < 4.78 is 13.1. The molecular weight excluding hydrogens is 289 g/mol. The van der Waals surface area contributed by atoms with Crippen molar-refractivity contribution >= 4 is 17.4 Å². The van der Waals surface area contributed by atoms with Gasteiger partial charge in [0.05, 0.1) is 0 Å². The van der Waals surface area contributed by atoms with Crippen molar-refractivity contribution in [3.63, 3.8) is 0 Å². The molecular formula is C16H17ClFN3. The lowest BCUT2D eigenvalue weighted by atomic mass is 9.96. The van der Waals surface area contributed by atoms with Gasteiger partial charge >= 0.3 is 0 Å². The second-order valence-corrected chi connectivity index (χ2v) is 5.69. The molecule has 1 N–H and O–H groups in total. The van der Waals surface area contributed by atoms with E-state index in [2.05, 4.69) is 15.3 Å². The SMILES string of the molecule is CNc1nc(Cc2ccc(F)cc2Cl)nc2c1CCCC2. The maximum atomic E-state index is 13.1. The maximum Gasteiger partial charge on any atom is 0.135 e. The number of nitrogens with zero attached hydrogens (tertiary/aromatic N) is 2. The summed E-state index contributed by atoms with van der Waals surface area (Å²) >= 11 is 6.09. The zero-order valence-corrected chi connectivity index (χ0v) is 12.7. The number of aryl methyl sites for hydroxylation is 1. The highest BCUT2D eigenvalue weighted by Gasteiger charge is 2.17. The van der Waals surface area contributed by atoms with Crippen LogP contribution in [0.15, 0.2) is 18.2 Å². The predicted octanol–water partition coefficient (Wildman–Crippen LogP) is 3.78. The van der Waals surface area contributed by atoms with E-state index in [0.717, 1.165) is 35.7 Å². The summed E-state index contributed by atoms with van der Waals surface area (Å²) in [5, 5.41) is 3.58. The summed E-state index contributed by atoms with van der Waals surface area (Å²) in [7, 11) is 1.88. The quantitative estimate of drug-likeness (QED) is 0.938. The van der Waals surface area contributed by atoms with Gasteiger partial charge in [0.2, 0.25) is 0 Å². The molecule has 0 fully saturated rings. The highest BCUT2D eigenvalue weighted by Crippen LogP contribution is 2.26. The van der Waals surface area contributed by atoms with Crippen LogP contribution in [0.1, 0.15) is 35.5 Å². The molecule has 0 bridgehead atoms. The van der Waals surface area contributed by atoms with Crippen LogP contribution in [-0.2, 0) is 19.3 Å². The van der Waals surface area contributed by atoms with Gasteiger partial charge < -0.3 is 5.32 Å². The van der Waals surface area contributed by atoms with E-state index in [0.29, 0.717) is 11.4 Å². The number of fused-ring (bicyclic) bond motifs is 1. The first-order chi connectivity index (χ1) is 10.2. The third-order valence-electron chi connectivity index (χ3n) is 3.83. The molecule has 0 saturated heterocycles. The molecule has 0 radical (unpaired) electrons. The van der Waals surface area contributed by atoms with Crippen LogP contribution < -0.4 is 5.32 Å². The van der Waals surface area contributed by atoms with Gasteiger partial charge in [-0.2, -0.15) is 0 Å². The Labute approximate surface area is 128 Å². The van der Waals surface area contributed by atoms with E-state index in [4.69, 9.17) is 11.6 Å². The summed E-state index contributed by atoms with van der Waals surface area (Å²) in [5.74, 6) is 1.31. The van der Waals surface area contributed by atoms with Gasteiger partial charge in [0.15, 0.2) is 0 Å². The van der Waals surface area contributed by atoms with Crippen LogP contribution in [0.2, 0.25) is 5.02 Å². The van der Waals surface area contributed by atoms with E-state index >= 15 is 0 Å². The number of nitrogens with one attached hydrogen (secondary N) is 1. The zero-order chi connectivity index (χ0) is 14.8. The Morgan fingerprint density at radius 2 is 2.05 bits per heavy atom. The number of hydrogen-bond acceptors (Lipinski definition) is 3. The Morgan fingerprint density at radius 1 is 1.24 bits per heavy atom. The summed E-state index contributed by atoms with van der Waals surface area (Å²) in [5.41, 5.74) is 3.21. The molecule has 21 heavy (non-hydrogen) atoms. The fraction of sp³-hybridized carbons (Fsp3) is 0.375. The Kier molecular flexibility index (Phi) is 4.06. The molecule has 1 heterocycles. The normalized spacial score (nSPS) is 13.9. The molecule has 3 nitrogen and oxygen atoms in total. The van der Waals surface area contributed by atoms with E-state index in [1.165, 1.54) is 30.5 Å². The zero-order valence-electron chi connectivity index (χ0n) is 11.9. The fourth-order valence-corrected chi connectivity index (χ4v) is 3.00. The molecule has 1 aliphatic rings. The number of benzene rings is 1. The van der Waals surface area contributed by atoms with Gasteiger partial charge in [0, 0.05) is 29.7 Å².